The van der Waals surface area contributed by atoms with Gasteiger partial charge in [0.05, 0.1) is 5.56 Å². The van der Waals surface area contributed by atoms with Crippen molar-refractivity contribution in [2.24, 2.45) is 23.7 Å². The van der Waals surface area contributed by atoms with E-state index in [0.29, 0.717) is 23.3 Å². The molecule has 1 aromatic carbocycles. The quantitative estimate of drug-likeness (QED) is 0.737. The predicted molar refractivity (Wildman–Crippen MR) is 100 cm³/mol. The van der Waals surface area contributed by atoms with Crippen LogP contribution in [0.3, 0.4) is 0 Å². The van der Waals surface area contributed by atoms with Crippen molar-refractivity contribution in [3.8, 4) is 0 Å². The largest absolute Gasteiger partial charge is 0.478 e. The van der Waals surface area contributed by atoms with Gasteiger partial charge in [-0.25, -0.2) is 4.79 Å². The molecule has 1 N–H and O–H groups in total. The fourth-order valence-electron chi connectivity index (χ4n) is 7.08. The zero-order chi connectivity index (χ0) is 18.9. The highest BCUT2D eigenvalue weighted by atomic mass is 17.3. The number of carbonyl (C=O) groups is 1. The topological polar surface area (TPSA) is 65.0 Å². The highest BCUT2D eigenvalue weighted by Crippen LogP contribution is 2.64. The average Bonchev–Trinajstić information content (AvgIpc) is 3.06. The first kappa shape index (κ1) is 17.4. The third-order valence-electron chi connectivity index (χ3n) is 8.32. The number of carboxylic acid groups (broad SMARTS) is 1. The molecule has 2 spiro atoms. The van der Waals surface area contributed by atoms with Crippen LogP contribution in [0.4, 0.5) is 0 Å². The van der Waals surface area contributed by atoms with E-state index in [2.05, 4.69) is 0 Å². The number of rotatable bonds is 2. The second kappa shape index (κ2) is 6.04. The molecule has 1 aliphatic heterocycles. The van der Waals surface area contributed by atoms with Gasteiger partial charge >= 0.3 is 5.97 Å². The molecule has 5 nitrogen and oxygen atoms in total. The predicted octanol–water partition coefficient (Wildman–Crippen LogP) is 4.87. The van der Waals surface area contributed by atoms with Gasteiger partial charge < -0.3 is 9.84 Å². The number of carboxylic acids is 1. The first-order valence-electron chi connectivity index (χ1n) is 11.0. The van der Waals surface area contributed by atoms with Crippen LogP contribution in [-0.4, -0.2) is 22.7 Å². The van der Waals surface area contributed by atoms with Crippen LogP contribution in [0.1, 0.15) is 79.6 Å². The van der Waals surface area contributed by atoms with Crippen molar-refractivity contribution in [2.45, 2.75) is 75.3 Å². The summed E-state index contributed by atoms with van der Waals surface area (Å²) in [6, 6.07) is 7.32. The summed E-state index contributed by atoms with van der Waals surface area (Å²) in [6.45, 7) is 0. The zero-order valence-corrected chi connectivity index (χ0v) is 16.1. The molecule has 0 radical (unpaired) electrons. The van der Waals surface area contributed by atoms with Crippen LogP contribution in [0.15, 0.2) is 24.3 Å². The van der Waals surface area contributed by atoms with E-state index < -0.39 is 17.5 Å². The molecular weight excluding hydrogens is 356 g/mol. The second-order valence-electron chi connectivity index (χ2n) is 9.91. The second-order valence-corrected chi connectivity index (χ2v) is 9.91. The molecular formula is C23H28O5. The van der Waals surface area contributed by atoms with Gasteiger partial charge in [-0.2, -0.15) is 9.78 Å². The van der Waals surface area contributed by atoms with Crippen molar-refractivity contribution in [1.82, 2.24) is 0 Å². The average molecular weight is 384 g/mol. The summed E-state index contributed by atoms with van der Waals surface area (Å²) in [7, 11) is 0. The van der Waals surface area contributed by atoms with Gasteiger partial charge in [-0.15, -0.1) is 0 Å². The lowest BCUT2D eigenvalue weighted by atomic mass is 9.53. The summed E-state index contributed by atoms with van der Waals surface area (Å²) < 4.78 is 6.77. The van der Waals surface area contributed by atoms with Crippen LogP contribution in [0.25, 0.3) is 0 Å². The van der Waals surface area contributed by atoms with Crippen molar-refractivity contribution < 1.29 is 24.4 Å². The molecule has 7 rings (SSSR count). The number of benzene rings is 1. The molecule has 150 valence electrons. The maximum absolute atomic E-state index is 11.1. The van der Waals surface area contributed by atoms with Crippen molar-refractivity contribution in [3.63, 3.8) is 0 Å². The van der Waals surface area contributed by atoms with E-state index in [9.17, 15) is 4.79 Å². The molecule has 4 bridgehead atoms. The first-order chi connectivity index (χ1) is 13.6. The highest BCUT2D eigenvalue weighted by Gasteiger charge is 2.66. The van der Waals surface area contributed by atoms with Gasteiger partial charge in [-0.05, 0) is 80.4 Å². The number of aromatic carboxylic acids is 1. The van der Waals surface area contributed by atoms with E-state index in [4.69, 9.17) is 19.6 Å². The molecule has 6 aliphatic rings. The van der Waals surface area contributed by atoms with Crippen LogP contribution in [0, 0.1) is 23.7 Å². The lowest BCUT2D eigenvalue weighted by Crippen LogP contribution is -2.59. The smallest absolute Gasteiger partial charge is 0.335 e. The standard InChI is InChI=1S/C23H28O5/c24-21(25)18-3-1-16(2-4-18)17-5-7-22(8-6-17)26-23(28-27-22)19-10-14-9-15(12-19)13-20(23)11-14/h1-4,14-15,17,19-20H,5-13H2,(H,24,25). The minimum absolute atomic E-state index is 0.343. The molecule has 6 fully saturated rings. The lowest BCUT2D eigenvalue weighted by molar-refractivity contribution is -0.390. The third-order valence-corrected chi connectivity index (χ3v) is 8.32. The molecule has 0 aromatic heterocycles. The fraction of sp³-hybridized carbons (Fsp3) is 0.696. The molecule has 0 atom stereocenters. The van der Waals surface area contributed by atoms with Crippen LogP contribution in [0.2, 0.25) is 0 Å². The monoisotopic (exact) mass is 384 g/mol. The molecule has 5 saturated carbocycles. The van der Waals surface area contributed by atoms with Gasteiger partial charge in [0, 0.05) is 24.7 Å². The minimum Gasteiger partial charge on any atom is -0.478 e. The van der Waals surface area contributed by atoms with Crippen LogP contribution >= 0.6 is 0 Å². The summed E-state index contributed by atoms with van der Waals surface area (Å²) in [5.74, 6) is 1.25. The van der Waals surface area contributed by atoms with Gasteiger partial charge in [0.25, 0.3) is 0 Å². The Morgan fingerprint density at radius 1 is 0.893 bits per heavy atom. The molecule has 1 heterocycles. The van der Waals surface area contributed by atoms with Gasteiger partial charge in [0.2, 0.25) is 11.6 Å². The maximum Gasteiger partial charge on any atom is 0.335 e. The fourth-order valence-corrected chi connectivity index (χ4v) is 7.08. The molecule has 0 unspecified atom stereocenters. The maximum atomic E-state index is 11.1. The summed E-state index contributed by atoms with van der Waals surface area (Å²) in [5, 5.41) is 9.09. The molecule has 28 heavy (non-hydrogen) atoms. The van der Waals surface area contributed by atoms with Crippen LogP contribution < -0.4 is 0 Å². The van der Waals surface area contributed by atoms with Gasteiger partial charge in [-0.1, -0.05) is 12.1 Å². The molecule has 0 amide bonds. The first-order valence-corrected chi connectivity index (χ1v) is 11.0. The van der Waals surface area contributed by atoms with Gasteiger partial charge in [0.15, 0.2) is 0 Å². The van der Waals surface area contributed by atoms with Crippen molar-refractivity contribution in [2.75, 3.05) is 0 Å². The van der Waals surface area contributed by atoms with E-state index >= 15 is 0 Å². The lowest BCUT2D eigenvalue weighted by Gasteiger charge is -2.57. The Hall–Kier alpha value is -1.43. The van der Waals surface area contributed by atoms with E-state index in [1.807, 2.05) is 12.1 Å². The SMILES string of the molecule is O=C(O)c1ccc(C2CCC3(CC2)OOC2(O3)C3CC4CC(C3)CC2C4)cc1. The Labute approximate surface area is 165 Å². The Morgan fingerprint density at radius 2 is 1.50 bits per heavy atom. The van der Waals surface area contributed by atoms with Crippen LogP contribution in [0.5, 0.6) is 0 Å². The zero-order valence-electron chi connectivity index (χ0n) is 16.1. The summed E-state index contributed by atoms with van der Waals surface area (Å²) in [6.07, 6.45) is 10.0. The molecule has 5 aliphatic carbocycles. The summed E-state index contributed by atoms with van der Waals surface area (Å²) in [5.41, 5.74) is 1.55. The summed E-state index contributed by atoms with van der Waals surface area (Å²) >= 11 is 0. The minimum atomic E-state index is -0.875. The Bertz CT molecular complexity index is 749. The number of ether oxygens (including phenoxy) is 1. The Balaban J connectivity index is 1.15. The van der Waals surface area contributed by atoms with E-state index in [-0.39, 0.29) is 0 Å². The number of hydrogen-bond acceptors (Lipinski definition) is 4. The van der Waals surface area contributed by atoms with E-state index in [1.165, 1.54) is 37.7 Å². The highest BCUT2D eigenvalue weighted by molar-refractivity contribution is 5.87. The van der Waals surface area contributed by atoms with Gasteiger partial charge in [-0.3, -0.25) is 0 Å². The third kappa shape index (κ3) is 2.52. The Morgan fingerprint density at radius 3 is 2.07 bits per heavy atom. The Kier molecular flexibility index (Phi) is 3.76. The van der Waals surface area contributed by atoms with Crippen molar-refractivity contribution >= 4 is 5.97 Å². The van der Waals surface area contributed by atoms with Crippen LogP contribution in [-0.2, 0) is 14.5 Å². The van der Waals surface area contributed by atoms with E-state index in [0.717, 1.165) is 37.5 Å². The van der Waals surface area contributed by atoms with Crippen molar-refractivity contribution in [1.29, 1.82) is 0 Å². The van der Waals surface area contributed by atoms with Gasteiger partial charge in [0.1, 0.15) is 0 Å². The van der Waals surface area contributed by atoms with Crippen molar-refractivity contribution in [3.05, 3.63) is 35.4 Å². The summed E-state index contributed by atoms with van der Waals surface area (Å²) in [4.78, 5) is 23.2. The molecule has 1 aromatic rings. The number of hydrogen-bond donors (Lipinski definition) is 1. The van der Waals surface area contributed by atoms with E-state index in [1.54, 1.807) is 12.1 Å². The normalized spacial score (nSPS) is 46.5. The molecule has 1 saturated heterocycles. The molecule has 5 heteroatoms.